The van der Waals surface area contributed by atoms with Gasteiger partial charge in [-0.05, 0) is 56.2 Å². The number of sulfonamides is 1. The fourth-order valence-corrected chi connectivity index (χ4v) is 6.15. The third-order valence-corrected chi connectivity index (χ3v) is 8.36. The Kier molecular flexibility index (Phi) is 5.53. The van der Waals surface area contributed by atoms with Gasteiger partial charge in [0.05, 0.1) is 0 Å². The van der Waals surface area contributed by atoms with Crippen LogP contribution in [0.4, 0.5) is 0 Å². The summed E-state index contributed by atoms with van der Waals surface area (Å²) < 4.78 is 28.9. The van der Waals surface area contributed by atoms with Gasteiger partial charge in [-0.3, -0.25) is 4.79 Å². The molecule has 1 amide bonds. The second kappa shape index (κ2) is 8.35. The normalized spacial score (nSPS) is 21.0. The van der Waals surface area contributed by atoms with E-state index in [1.165, 1.54) is 12.8 Å². The molecule has 2 heterocycles. The Hall–Kier alpha value is -2.67. The van der Waals surface area contributed by atoms with E-state index < -0.39 is 10.0 Å². The van der Waals surface area contributed by atoms with Crippen molar-refractivity contribution in [3.8, 4) is 0 Å². The van der Waals surface area contributed by atoms with Crippen LogP contribution in [-0.4, -0.2) is 49.1 Å². The molecule has 0 spiro atoms. The van der Waals surface area contributed by atoms with Gasteiger partial charge in [0.25, 0.3) is 10.0 Å². The number of nitrogens with zero attached hydrogens (tertiary/aromatic N) is 3. The van der Waals surface area contributed by atoms with E-state index in [4.69, 9.17) is 0 Å². The fourth-order valence-electron chi connectivity index (χ4n) is 4.93. The highest BCUT2D eigenvalue weighted by molar-refractivity contribution is 7.90. The Labute approximate surface area is 190 Å². The molecule has 6 nitrogen and oxygen atoms in total. The molecule has 1 aliphatic carbocycles. The largest absolute Gasteiger partial charge is 0.355 e. The highest BCUT2D eigenvalue weighted by Gasteiger charge is 2.39. The predicted octanol–water partition coefficient (Wildman–Crippen LogP) is 3.67. The number of amidine groups is 1. The number of carbonyl (C=O) groups excluding carboxylic acids is 1. The van der Waals surface area contributed by atoms with Gasteiger partial charge < -0.3 is 9.80 Å². The summed E-state index contributed by atoms with van der Waals surface area (Å²) in [6.07, 6.45) is 3.82. The first kappa shape index (κ1) is 21.2. The van der Waals surface area contributed by atoms with E-state index in [1.54, 1.807) is 12.1 Å². The minimum Gasteiger partial charge on any atom is -0.355 e. The molecule has 5 rings (SSSR count). The first-order valence-corrected chi connectivity index (χ1v) is 12.9. The number of piperidine rings is 1. The van der Waals surface area contributed by atoms with Crippen molar-refractivity contribution in [3.63, 3.8) is 0 Å². The lowest BCUT2D eigenvalue weighted by Gasteiger charge is -2.37. The number of hydrogen-bond donors (Lipinski definition) is 0. The standard InChI is InChI=1S/C25H29N3O3S/c1-18(20-11-12-20)28(17-19-7-3-2-4-8-19)25(29)21-13-15-27(16-14-21)24-22-9-5-6-10-23(22)32(30,31)26-24/h2-10,18,20-21H,11-17H2,1H3. The monoisotopic (exact) mass is 451 g/mol. The quantitative estimate of drug-likeness (QED) is 0.695. The number of benzene rings is 2. The maximum absolute atomic E-state index is 13.6. The summed E-state index contributed by atoms with van der Waals surface area (Å²) in [4.78, 5) is 18.0. The summed E-state index contributed by atoms with van der Waals surface area (Å²) in [5.41, 5.74) is 1.83. The van der Waals surface area contributed by atoms with Crippen LogP contribution < -0.4 is 0 Å². The summed E-state index contributed by atoms with van der Waals surface area (Å²) >= 11 is 0. The SMILES string of the molecule is CC(C1CC1)N(Cc1ccccc1)C(=O)C1CCN(C2=NS(=O)(=O)c3ccccc32)CC1. The van der Waals surface area contributed by atoms with Crippen molar-refractivity contribution < 1.29 is 13.2 Å². The van der Waals surface area contributed by atoms with Crippen molar-refractivity contribution in [2.75, 3.05) is 13.1 Å². The number of carbonyl (C=O) groups is 1. The van der Waals surface area contributed by atoms with Crippen LogP contribution >= 0.6 is 0 Å². The molecule has 0 radical (unpaired) electrons. The van der Waals surface area contributed by atoms with Gasteiger partial charge in [0, 0.05) is 37.2 Å². The predicted molar refractivity (Wildman–Crippen MR) is 124 cm³/mol. The summed E-state index contributed by atoms with van der Waals surface area (Å²) in [5, 5.41) is 0. The first-order chi connectivity index (χ1) is 15.4. The topological polar surface area (TPSA) is 70.1 Å². The van der Waals surface area contributed by atoms with Crippen LogP contribution in [0.15, 0.2) is 63.9 Å². The third-order valence-electron chi connectivity index (χ3n) is 7.03. The zero-order chi connectivity index (χ0) is 22.3. The second-order valence-corrected chi connectivity index (χ2v) is 10.7. The van der Waals surface area contributed by atoms with Crippen LogP contribution in [0, 0.1) is 11.8 Å². The Bertz CT molecular complexity index is 1130. The van der Waals surface area contributed by atoms with Gasteiger partial charge in [-0.25, -0.2) is 0 Å². The van der Waals surface area contributed by atoms with Crippen LogP contribution in [0.2, 0.25) is 0 Å². The van der Waals surface area contributed by atoms with E-state index in [-0.39, 0.29) is 22.8 Å². The van der Waals surface area contributed by atoms with Gasteiger partial charge in [0.2, 0.25) is 5.91 Å². The zero-order valence-corrected chi connectivity index (χ0v) is 19.2. The van der Waals surface area contributed by atoms with Gasteiger partial charge in [0.15, 0.2) is 5.84 Å². The van der Waals surface area contributed by atoms with Gasteiger partial charge in [-0.2, -0.15) is 8.42 Å². The first-order valence-electron chi connectivity index (χ1n) is 11.5. The van der Waals surface area contributed by atoms with Crippen LogP contribution in [0.3, 0.4) is 0 Å². The van der Waals surface area contributed by atoms with Crippen molar-refractivity contribution in [1.29, 1.82) is 0 Å². The molecule has 2 aromatic rings. The molecular formula is C25H29N3O3S. The van der Waals surface area contributed by atoms with Crippen molar-refractivity contribution in [2.24, 2.45) is 16.2 Å². The Morgan fingerprint density at radius 2 is 1.69 bits per heavy atom. The number of likely N-dealkylation sites (tertiary alicyclic amines) is 1. The fraction of sp³-hybridized carbons (Fsp3) is 0.440. The second-order valence-electron chi connectivity index (χ2n) is 9.18. The molecule has 32 heavy (non-hydrogen) atoms. The summed E-state index contributed by atoms with van der Waals surface area (Å²) in [5.74, 6) is 1.33. The highest BCUT2D eigenvalue weighted by atomic mass is 32.2. The molecule has 0 bridgehead atoms. The van der Waals surface area contributed by atoms with E-state index in [1.807, 2.05) is 35.2 Å². The Morgan fingerprint density at radius 3 is 2.38 bits per heavy atom. The maximum Gasteiger partial charge on any atom is 0.285 e. The van der Waals surface area contributed by atoms with Crippen LogP contribution in [-0.2, 0) is 21.4 Å². The van der Waals surface area contributed by atoms with Gasteiger partial charge >= 0.3 is 0 Å². The van der Waals surface area contributed by atoms with Crippen molar-refractivity contribution in [2.45, 2.75) is 50.1 Å². The third kappa shape index (κ3) is 4.06. The van der Waals surface area contributed by atoms with E-state index in [0.29, 0.717) is 49.8 Å². The molecule has 2 fully saturated rings. The maximum atomic E-state index is 13.6. The molecular weight excluding hydrogens is 422 g/mol. The number of hydrogen-bond acceptors (Lipinski definition) is 4. The molecule has 2 aromatic carbocycles. The van der Waals surface area contributed by atoms with E-state index in [0.717, 1.165) is 5.56 Å². The Balaban J connectivity index is 1.29. The van der Waals surface area contributed by atoms with Crippen LogP contribution in [0.5, 0.6) is 0 Å². The van der Waals surface area contributed by atoms with Crippen LogP contribution in [0.25, 0.3) is 0 Å². The molecule has 2 aliphatic heterocycles. The van der Waals surface area contributed by atoms with E-state index >= 15 is 0 Å². The Morgan fingerprint density at radius 1 is 1.03 bits per heavy atom. The summed E-state index contributed by atoms with van der Waals surface area (Å²) in [6.45, 7) is 4.10. The lowest BCUT2D eigenvalue weighted by Crippen LogP contribution is -2.47. The van der Waals surface area contributed by atoms with E-state index in [2.05, 4.69) is 28.4 Å². The molecule has 1 atom stereocenters. The average molecular weight is 452 g/mol. The lowest BCUT2D eigenvalue weighted by molar-refractivity contribution is -0.140. The van der Waals surface area contributed by atoms with Gasteiger partial charge in [0.1, 0.15) is 4.90 Å². The molecule has 3 aliphatic rings. The smallest absolute Gasteiger partial charge is 0.285 e. The lowest BCUT2D eigenvalue weighted by atomic mass is 9.93. The highest BCUT2D eigenvalue weighted by Crippen LogP contribution is 2.37. The van der Waals surface area contributed by atoms with Gasteiger partial charge in [-0.1, -0.05) is 42.5 Å². The summed E-state index contributed by atoms with van der Waals surface area (Å²) in [6, 6.07) is 17.4. The van der Waals surface area contributed by atoms with E-state index in [9.17, 15) is 13.2 Å². The minimum absolute atomic E-state index is 0.0370. The molecule has 1 saturated heterocycles. The molecule has 1 saturated carbocycles. The van der Waals surface area contributed by atoms with Crippen LogP contribution in [0.1, 0.15) is 43.7 Å². The number of rotatable bonds is 5. The zero-order valence-electron chi connectivity index (χ0n) is 18.4. The van der Waals surface area contributed by atoms with Crippen molar-refractivity contribution in [1.82, 2.24) is 9.80 Å². The summed E-state index contributed by atoms with van der Waals surface area (Å²) in [7, 11) is -3.62. The average Bonchev–Trinajstić information content (AvgIpc) is 3.63. The molecule has 1 unspecified atom stereocenters. The molecule has 7 heteroatoms. The number of amides is 1. The van der Waals surface area contributed by atoms with Gasteiger partial charge in [-0.15, -0.1) is 4.40 Å². The minimum atomic E-state index is -3.62. The molecule has 0 N–H and O–H groups in total. The van der Waals surface area contributed by atoms with Crippen molar-refractivity contribution in [3.05, 3.63) is 65.7 Å². The number of fused-ring (bicyclic) bond motifs is 1. The molecule has 0 aromatic heterocycles. The molecule has 168 valence electrons. The van der Waals surface area contributed by atoms with Crippen molar-refractivity contribution >= 4 is 21.8 Å².